The van der Waals surface area contributed by atoms with E-state index in [1.807, 2.05) is 18.2 Å². The highest BCUT2D eigenvalue weighted by Crippen LogP contribution is 2.54. The average molecular weight is 596 g/mol. The van der Waals surface area contributed by atoms with Crippen molar-refractivity contribution < 1.29 is 0 Å². The second-order valence-corrected chi connectivity index (χ2v) is 12.7. The summed E-state index contributed by atoms with van der Waals surface area (Å²) in [7, 11) is 0. The van der Waals surface area contributed by atoms with Gasteiger partial charge in [0.1, 0.15) is 0 Å². The summed E-state index contributed by atoms with van der Waals surface area (Å²) in [6.07, 6.45) is 1.69. The zero-order chi connectivity index (χ0) is 31.0. The molecule has 1 aliphatic carbocycles. The lowest BCUT2D eigenvalue weighted by molar-refractivity contribution is 0.662. The van der Waals surface area contributed by atoms with Gasteiger partial charge in [-0.05, 0) is 87.5 Å². The molecule has 0 amide bonds. The van der Waals surface area contributed by atoms with Crippen molar-refractivity contribution >= 4 is 34.5 Å². The van der Waals surface area contributed by atoms with E-state index in [0.717, 1.165) is 21.9 Å². The van der Waals surface area contributed by atoms with Gasteiger partial charge in [-0.2, -0.15) is 0 Å². The van der Waals surface area contributed by atoms with Gasteiger partial charge in [0.25, 0.3) is 5.70 Å². The van der Waals surface area contributed by atoms with E-state index in [-0.39, 0.29) is 11.1 Å². The molecule has 214 valence electrons. The molecule has 6 aromatic rings. The van der Waals surface area contributed by atoms with Crippen molar-refractivity contribution in [1.82, 2.24) is 0 Å². The van der Waals surface area contributed by atoms with Crippen LogP contribution in [0.4, 0.5) is 17.1 Å². The fraction of sp³-hybridized carbons (Fsp3) is 0.0732. The van der Waals surface area contributed by atoms with Crippen LogP contribution in [0.5, 0.6) is 0 Å². The SMILES string of the molecule is [C-]#[N+]/C(C#N)=C\c1cc2c(s1)-c1ccc(N(c3ccc(-c4ccccc4)cc3)c3ccc(-c4ccccc4)cc3)cc1C2(C)C. The van der Waals surface area contributed by atoms with Crippen LogP contribution in [-0.2, 0) is 5.41 Å². The summed E-state index contributed by atoms with van der Waals surface area (Å²) in [4.78, 5) is 7.83. The van der Waals surface area contributed by atoms with E-state index in [4.69, 9.17) is 6.57 Å². The second-order valence-electron chi connectivity index (χ2n) is 11.7. The van der Waals surface area contributed by atoms with Crippen LogP contribution in [0, 0.1) is 17.9 Å². The summed E-state index contributed by atoms with van der Waals surface area (Å²) in [6.45, 7) is 11.8. The first-order valence-corrected chi connectivity index (χ1v) is 15.7. The molecule has 7 rings (SSSR count). The van der Waals surface area contributed by atoms with E-state index in [2.05, 4.69) is 145 Å². The highest BCUT2D eigenvalue weighted by Gasteiger charge is 2.37. The molecule has 0 radical (unpaired) electrons. The Morgan fingerprint density at radius 2 is 1.20 bits per heavy atom. The van der Waals surface area contributed by atoms with Crippen LogP contribution in [0.25, 0.3) is 43.6 Å². The lowest BCUT2D eigenvalue weighted by Crippen LogP contribution is -2.16. The Bertz CT molecular complexity index is 2030. The first-order valence-electron chi connectivity index (χ1n) is 14.9. The third kappa shape index (κ3) is 5.12. The summed E-state index contributed by atoms with van der Waals surface area (Å²) in [5, 5.41) is 9.28. The molecule has 4 heteroatoms. The van der Waals surface area contributed by atoms with Gasteiger partial charge in [-0.25, -0.2) is 10.1 Å². The minimum absolute atomic E-state index is 0.107. The average Bonchev–Trinajstić information content (AvgIpc) is 3.61. The van der Waals surface area contributed by atoms with Gasteiger partial charge in [-0.1, -0.05) is 105 Å². The Hall–Kier alpha value is -5.68. The van der Waals surface area contributed by atoms with Crippen LogP contribution in [-0.4, -0.2) is 0 Å². The smallest absolute Gasteiger partial charge is 0.263 e. The minimum atomic E-state index is -0.228. The summed E-state index contributed by atoms with van der Waals surface area (Å²) in [6, 6.07) is 49.4. The lowest BCUT2D eigenvalue weighted by atomic mass is 9.82. The van der Waals surface area contributed by atoms with Crippen molar-refractivity contribution in [3.05, 3.63) is 167 Å². The molecule has 0 atom stereocenters. The highest BCUT2D eigenvalue weighted by molar-refractivity contribution is 7.16. The zero-order valence-electron chi connectivity index (χ0n) is 25.0. The van der Waals surface area contributed by atoms with Crippen LogP contribution in [0.15, 0.2) is 139 Å². The molecule has 0 saturated carbocycles. The molecule has 0 bridgehead atoms. The van der Waals surface area contributed by atoms with E-state index in [0.29, 0.717) is 0 Å². The molecule has 0 saturated heterocycles. The van der Waals surface area contributed by atoms with Crippen molar-refractivity contribution in [2.24, 2.45) is 0 Å². The van der Waals surface area contributed by atoms with Gasteiger partial charge in [0.2, 0.25) is 0 Å². The van der Waals surface area contributed by atoms with Crippen molar-refractivity contribution in [1.29, 1.82) is 5.26 Å². The zero-order valence-corrected chi connectivity index (χ0v) is 25.8. The Kier molecular flexibility index (Phi) is 7.14. The molecule has 0 N–H and O–H groups in total. The van der Waals surface area contributed by atoms with Crippen LogP contribution in [0.2, 0.25) is 0 Å². The number of nitrogens with zero attached hydrogens (tertiary/aromatic N) is 3. The van der Waals surface area contributed by atoms with Gasteiger partial charge >= 0.3 is 0 Å². The fourth-order valence-corrected chi connectivity index (χ4v) is 7.51. The first kappa shape index (κ1) is 28.1. The number of hydrogen-bond donors (Lipinski definition) is 0. The Morgan fingerprint density at radius 1 is 0.689 bits per heavy atom. The predicted octanol–water partition coefficient (Wildman–Crippen LogP) is 11.6. The molecule has 0 aliphatic heterocycles. The van der Waals surface area contributed by atoms with Crippen molar-refractivity contribution in [2.45, 2.75) is 19.3 Å². The Morgan fingerprint density at radius 3 is 1.71 bits per heavy atom. The minimum Gasteiger partial charge on any atom is -0.310 e. The number of thiophene rings is 1. The van der Waals surface area contributed by atoms with E-state index < -0.39 is 0 Å². The number of hydrogen-bond acceptors (Lipinski definition) is 3. The number of nitriles is 1. The van der Waals surface area contributed by atoms with E-state index in [9.17, 15) is 5.26 Å². The molecule has 1 aromatic heterocycles. The van der Waals surface area contributed by atoms with Crippen molar-refractivity contribution in [3.8, 4) is 38.8 Å². The molecular weight excluding hydrogens is 567 g/mol. The first-order chi connectivity index (χ1) is 22.0. The maximum absolute atomic E-state index is 9.28. The van der Waals surface area contributed by atoms with E-state index in [1.165, 1.54) is 43.8 Å². The number of anilines is 3. The van der Waals surface area contributed by atoms with Crippen molar-refractivity contribution in [3.63, 3.8) is 0 Å². The standard InChI is InChI=1S/C41H29N3S/c1-41(2)38-25-35(22-23-37(38)40-39(41)26-36(45-40)24-32(27-42)43-3)44(33-18-14-30(15-19-33)28-10-6-4-7-11-28)34-20-16-31(17-21-34)29-12-8-5-9-13-29/h4-26H,1-2H3/b32-24-. The molecule has 3 nitrogen and oxygen atoms in total. The van der Waals surface area contributed by atoms with Crippen LogP contribution < -0.4 is 4.90 Å². The maximum atomic E-state index is 9.28. The van der Waals surface area contributed by atoms with Gasteiger partial charge in [0.15, 0.2) is 0 Å². The molecule has 0 fully saturated rings. The second kappa shape index (κ2) is 11.4. The summed E-state index contributed by atoms with van der Waals surface area (Å²) < 4.78 is 0. The Labute approximate surface area is 268 Å². The molecule has 5 aromatic carbocycles. The fourth-order valence-electron chi connectivity index (χ4n) is 6.22. The highest BCUT2D eigenvalue weighted by atomic mass is 32.1. The Balaban J connectivity index is 1.32. The van der Waals surface area contributed by atoms with Gasteiger partial charge in [-0.3, -0.25) is 0 Å². The van der Waals surface area contributed by atoms with Crippen LogP contribution in [0.1, 0.15) is 29.9 Å². The third-order valence-corrected chi connectivity index (χ3v) is 9.70. The maximum Gasteiger partial charge on any atom is 0.263 e. The molecule has 1 heterocycles. The molecular formula is C41H29N3S. The van der Waals surface area contributed by atoms with E-state index >= 15 is 0 Å². The number of fused-ring (bicyclic) bond motifs is 3. The quantitative estimate of drug-likeness (QED) is 0.142. The number of benzene rings is 5. The van der Waals surface area contributed by atoms with Crippen molar-refractivity contribution in [2.75, 3.05) is 4.90 Å². The molecule has 0 unspecified atom stereocenters. The summed E-state index contributed by atoms with van der Waals surface area (Å²) in [5.74, 6) is 0. The number of rotatable bonds is 6. The van der Waals surface area contributed by atoms with Crippen LogP contribution in [0.3, 0.4) is 0 Å². The van der Waals surface area contributed by atoms with E-state index in [1.54, 1.807) is 17.4 Å². The molecule has 45 heavy (non-hydrogen) atoms. The summed E-state index contributed by atoms with van der Waals surface area (Å²) >= 11 is 1.65. The third-order valence-electron chi connectivity index (χ3n) is 8.58. The largest absolute Gasteiger partial charge is 0.310 e. The van der Waals surface area contributed by atoms with Gasteiger partial charge in [0.05, 0.1) is 12.6 Å². The molecule has 0 spiro atoms. The normalized spacial score (nSPS) is 12.9. The van der Waals surface area contributed by atoms with Crippen LogP contribution >= 0.6 is 11.3 Å². The molecule has 1 aliphatic rings. The van der Waals surface area contributed by atoms with Gasteiger partial charge in [0, 0.05) is 32.2 Å². The lowest BCUT2D eigenvalue weighted by Gasteiger charge is -2.28. The number of allylic oxidation sites excluding steroid dienone is 1. The topological polar surface area (TPSA) is 31.4 Å². The summed E-state index contributed by atoms with van der Waals surface area (Å²) in [5.41, 5.74) is 11.6. The van der Waals surface area contributed by atoms with Gasteiger partial charge in [-0.15, -0.1) is 11.3 Å². The predicted molar refractivity (Wildman–Crippen MR) is 188 cm³/mol. The monoisotopic (exact) mass is 595 g/mol. The van der Waals surface area contributed by atoms with Gasteiger partial charge < -0.3 is 4.90 Å².